The molecular formula is C10H15BrN2O2. The van der Waals surface area contributed by atoms with Crippen LogP contribution in [0.2, 0.25) is 0 Å². The summed E-state index contributed by atoms with van der Waals surface area (Å²) in [6.45, 7) is 0.316. The van der Waals surface area contributed by atoms with Gasteiger partial charge in [-0.15, -0.1) is 0 Å². The molecule has 0 aliphatic rings. The summed E-state index contributed by atoms with van der Waals surface area (Å²) in [5, 5.41) is 22.2. The number of aliphatic hydroxyl groups excluding tert-OH is 2. The minimum atomic E-state index is -0.967. The van der Waals surface area contributed by atoms with Crippen LogP contribution in [0.1, 0.15) is 11.7 Å². The van der Waals surface area contributed by atoms with Crippen LogP contribution in [0.3, 0.4) is 0 Å². The van der Waals surface area contributed by atoms with Gasteiger partial charge in [0.25, 0.3) is 0 Å². The van der Waals surface area contributed by atoms with Gasteiger partial charge in [0.05, 0.1) is 6.10 Å². The number of benzene rings is 1. The van der Waals surface area contributed by atoms with Gasteiger partial charge in [0.1, 0.15) is 6.10 Å². The summed E-state index contributed by atoms with van der Waals surface area (Å²) in [5.74, 6) is 0. The lowest BCUT2D eigenvalue weighted by Crippen LogP contribution is -2.29. The summed E-state index contributed by atoms with van der Waals surface area (Å²) >= 11 is 3.28. The first-order chi connectivity index (χ1) is 7.06. The molecule has 15 heavy (non-hydrogen) atoms. The number of hydrogen-bond donors (Lipinski definition) is 4. The zero-order valence-electron chi connectivity index (χ0n) is 8.44. The van der Waals surface area contributed by atoms with E-state index in [1.165, 1.54) is 0 Å². The van der Waals surface area contributed by atoms with Gasteiger partial charge in [0.2, 0.25) is 0 Å². The Hall–Kier alpha value is -0.620. The summed E-state index contributed by atoms with van der Waals surface area (Å²) in [7, 11) is 1.71. The van der Waals surface area contributed by atoms with Crippen molar-refractivity contribution in [2.24, 2.45) is 0 Å². The van der Waals surface area contributed by atoms with Crippen molar-refractivity contribution in [2.75, 3.05) is 19.3 Å². The lowest BCUT2D eigenvalue weighted by Gasteiger charge is -2.19. The van der Waals surface area contributed by atoms with E-state index >= 15 is 0 Å². The highest BCUT2D eigenvalue weighted by Crippen LogP contribution is 2.26. The summed E-state index contributed by atoms with van der Waals surface area (Å²) in [4.78, 5) is 0. The first-order valence-electron chi connectivity index (χ1n) is 4.62. The Morgan fingerprint density at radius 2 is 2.13 bits per heavy atom. The van der Waals surface area contributed by atoms with Crippen LogP contribution >= 0.6 is 15.9 Å². The fraction of sp³-hybridized carbons (Fsp3) is 0.400. The Kier molecular flexibility index (Phi) is 4.53. The molecule has 4 nitrogen and oxygen atoms in total. The minimum absolute atomic E-state index is 0.316. The van der Waals surface area contributed by atoms with Crippen molar-refractivity contribution in [1.29, 1.82) is 0 Å². The second kappa shape index (κ2) is 5.46. The van der Waals surface area contributed by atoms with Gasteiger partial charge >= 0.3 is 0 Å². The van der Waals surface area contributed by atoms with E-state index in [-0.39, 0.29) is 0 Å². The van der Waals surface area contributed by atoms with Crippen LogP contribution in [-0.2, 0) is 0 Å². The van der Waals surface area contributed by atoms with Crippen LogP contribution in [0.5, 0.6) is 0 Å². The molecule has 1 aromatic carbocycles. The van der Waals surface area contributed by atoms with Gasteiger partial charge in [-0.3, -0.25) is 0 Å². The van der Waals surface area contributed by atoms with Gasteiger partial charge in [0.15, 0.2) is 0 Å². The predicted octanol–water partition coefficient (Wildman–Crippen LogP) is 0.645. The lowest BCUT2D eigenvalue weighted by atomic mass is 10.0. The molecule has 1 rings (SSSR count). The molecule has 0 aromatic heterocycles. The average molecular weight is 275 g/mol. The number of hydrogen-bond acceptors (Lipinski definition) is 4. The number of halogens is 1. The molecule has 5 heteroatoms. The topological polar surface area (TPSA) is 78.5 Å². The molecule has 0 bridgehead atoms. The molecule has 0 saturated carbocycles. The zero-order chi connectivity index (χ0) is 11.4. The number of nitrogen functional groups attached to an aromatic ring is 1. The van der Waals surface area contributed by atoms with Gasteiger partial charge in [0, 0.05) is 22.3 Å². The Morgan fingerprint density at radius 1 is 1.47 bits per heavy atom. The van der Waals surface area contributed by atoms with Crippen LogP contribution in [0, 0.1) is 0 Å². The monoisotopic (exact) mass is 274 g/mol. The normalized spacial score (nSPS) is 14.9. The molecule has 0 heterocycles. The molecule has 0 saturated heterocycles. The van der Waals surface area contributed by atoms with Crippen LogP contribution in [-0.4, -0.2) is 29.9 Å². The van der Waals surface area contributed by atoms with E-state index in [4.69, 9.17) is 5.73 Å². The van der Waals surface area contributed by atoms with E-state index in [0.717, 1.165) is 4.47 Å². The molecule has 1 aromatic rings. The Labute approximate surface area is 97.2 Å². The number of anilines is 1. The summed E-state index contributed by atoms with van der Waals surface area (Å²) in [6.07, 6.45) is -1.83. The van der Waals surface area contributed by atoms with Crippen molar-refractivity contribution in [1.82, 2.24) is 5.32 Å². The molecule has 0 spiro atoms. The SMILES string of the molecule is CNCC(O)C(O)c1ccc(Br)cc1N. The molecule has 0 fully saturated rings. The van der Waals surface area contributed by atoms with Crippen molar-refractivity contribution < 1.29 is 10.2 Å². The molecule has 0 aliphatic carbocycles. The van der Waals surface area contributed by atoms with Crippen molar-refractivity contribution in [3.63, 3.8) is 0 Å². The minimum Gasteiger partial charge on any atom is -0.398 e. The maximum atomic E-state index is 9.81. The third kappa shape index (κ3) is 3.17. The van der Waals surface area contributed by atoms with Crippen molar-refractivity contribution >= 4 is 21.6 Å². The van der Waals surface area contributed by atoms with Gasteiger partial charge in [-0.25, -0.2) is 0 Å². The molecule has 0 aliphatic heterocycles. The maximum absolute atomic E-state index is 9.81. The van der Waals surface area contributed by atoms with Crippen LogP contribution in [0.4, 0.5) is 5.69 Å². The van der Waals surface area contributed by atoms with E-state index in [9.17, 15) is 10.2 Å². The van der Waals surface area contributed by atoms with Crippen LogP contribution < -0.4 is 11.1 Å². The van der Waals surface area contributed by atoms with Crippen molar-refractivity contribution in [2.45, 2.75) is 12.2 Å². The Morgan fingerprint density at radius 3 is 2.67 bits per heavy atom. The zero-order valence-corrected chi connectivity index (χ0v) is 10.0. The van der Waals surface area contributed by atoms with Crippen molar-refractivity contribution in [3.05, 3.63) is 28.2 Å². The van der Waals surface area contributed by atoms with Gasteiger partial charge < -0.3 is 21.3 Å². The Bertz CT molecular complexity index is 333. The number of nitrogens with one attached hydrogen (secondary N) is 1. The largest absolute Gasteiger partial charge is 0.398 e. The number of nitrogens with two attached hydrogens (primary N) is 1. The first kappa shape index (κ1) is 12.4. The van der Waals surface area contributed by atoms with E-state index in [0.29, 0.717) is 17.8 Å². The molecule has 0 radical (unpaired) electrons. The number of rotatable bonds is 4. The molecular weight excluding hydrogens is 260 g/mol. The standard InChI is InChI=1S/C10H15BrN2O2/c1-13-5-9(14)10(15)7-3-2-6(11)4-8(7)12/h2-4,9-10,13-15H,5,12H2,1H3. The van der Waals surface area contributed by atoms with E-state index < -0.39 is 12.2 Å². The number of likely N-dealkylation sites (N-methyl/N-ethyl adjacent to an activating group) is 1. The average Bonchev–Trinajstić information content (AvgIpc) is 2.17. The smallest absolute Gasteiger partial charge is 0.108 e. The summed E-state index contributed by atoms with van der Waals surface area (Å²) < 4.78 is 0.846. The fourth-order valence-electron chi connectivity index (χ4n) is 1.34. The first-order valence-corrected chi connectivity index (χ1v) is 5.41. The second-order valence-electron chi connectivity index (χ2n) is 3.34. The van der Waals surface area contributed by atoms with Gasteiger partial charge in [-0.2, -0.15) is 0 Å². The highest BCUT2D eigenvalue weighted by atomic mass is 79.9. The van der Waals surface area contributed by atoms with Crippen molar-refractivity contribution in [3.8, 4) is 0 Å². The van der Waals surface area contributed by atoms with E-state index in [1.54, 1.807) is 25.2 Å². The molecule has 0 amide bonds. The molecule has 84 valence electrons. The predicted molar refractivity (Wildman–Crippen MR) is 63.4 cm³/mol. The van der Waals surface area contributed by atoms with E-state index in [2.05, 4.69) is 21.2 Å². The van der Waals surface area contributed by atoms with Gasteiger partial charge in [-0.1, -0.05) is 22.0 Å². The van der Waals surface area contributed by atoms with Gasteiger partial charge in [-0.05, 0) is 19.2 Å². The quantitative estimate of drug-likeness (QED) is 0.608. The third-order valence-electron chi connectivity index (χ3n) is 2.15. The van der Waals surface area contributed by atoms with Crippen LogP contribution in [0.15, 0.2) is 22.7 Å². The van der Waals surface area contributed by atoms with E-state index in [1.807, 2.05) is 0 Å². The third-order valence-corrected chi connectivity index (χ3v) is 2.64. The molecule has 2 unspecified atom stereocenters. The number of aliphatic hydroxyl groups is 2. The van der Waals surface area contributed by atoms with Crippen LogP contribution in [0.25, 0.3) is 0 Å². The molecule has 2 atom stereocenters. The Balaban J connectivity index is 2.86. The lowest BCUT2D eigenvalue weighted by molar-refractivity contribution is 0.0206. The highest BCUT2D eigenvalue weighted by molar-refractivity contribution is 9.10. The summed E-state index contributed by atoms with van der Waals surface area (Å²) in [6, 6.07) is 5.18. The fourth-order valence-corrected chi connectivity index (χ4v) is 1.72. The molecule has 5 N–H and O–H groups in total. The summed E-state index contributed by atoms with van der Waals surface area (Å²) in [5.41, 5.74) is 6.74. The highest BCUT2D eigenvalue weighted by Gasteiger charge is 2.19. The maximum Gasteiger partial charge on any atom is 0.108 e. The second-order valence-corrected chi connectivity index (χ2v) is 4.26.